The molecule has 0 aromatic rings. The Kier molecular flexibility index (Phi) is 34.0. The number of hydrogen-bond donors (Lipinski definition) is 1. The summed E-state index contributed by atoms with van der Waals surface area (Å²) in [6.07, 6.45) is 39.1. The number of hydrogen-bond acceptors (Lipinski definition) is 3. The smallest absolute Gasteiger partial charge is 0.309 e. The Labute approximate surface area is 275 Å². The first-order valence-corrected chi connectivity index (χ1v) is 19.9. The van der Waals surface area contributed by atoms with Crippen molar-refractivity contribution in [3.8, 4) is 0 Å². The summed E-state index contributed by atoms with van der Waals surface area (Å²) >= 11 is 0. The molecule has 0 saturated heterocycles. The second-order valence-electron chi connectivity index (χ2n) is 14.0. The van der Waals surface area contributed by atoms with Crippen LogP contribution < -0.4 is 0 Å². The van der Waals surface area contributed by atoms with Crippen LogP contribution in [-0.2, 0) is 14.3 Å². The molecule has 2 unspecified atom stereocenters. The van der Waals surface area contributed by atoms with Gasteiger partial charge in [-0.15, -0.1) is 0 Å². The van der Waals surface area contributed by atoms with Gasteiger partial charge in [-0.3, -0.25) is 9.59 Å². The Morgan fingerprint density at radius 3 is 1.07 bits per heavy atom. The van der Waals surface area contributed by atoms with Gasteiger partial charge in [0.05, 0.1) is 18.9 Å². The molecule has 2 atom stereocenters. The molecule has 4 nitrogen and oxygen atoms in total. The molecule has 4 heteroatoms. The third-order valence-corrected chi connectivity index (χ3v) is 9.55. The van der Waals surface area contributed by atoms with Crippen LogP contribution in [0.3, 0.4) is 0 Å². The standard InChI is InChI=1S/C40H78O4/c1-4-7-10-13-16-18-19-20-21-22-23-25-28-31-34-38(35-39(41)42)40(43)44-36-37(32-29-26-15-12-9-6-3)33-30-27-24-17-14-11-8-5-2/h37-38H,4-36H2,1-3H3,(H,41,42). The molecule has 0 rings (SSSR count). The predicted octanol–water partition coefficient (Wildman–Crippen LogP) is 13.4. The van der Waals surface area contributed by atoms with E-state index in [9.17, 15) is 14.7 Å². The van der Waals surface area contributed by atoms with E-state index in [1.165, 1.54) is 167 Å². The lowest BCUT2D eigenvalue weighted by Crippen LogP contribution is -2.24. The van der Waals surface area contributed by atoms with Gasteiger partial charge in [0.25, 0.3) is 0 Å². The number of unbranched alkanes of at least 4 members (excludes halogenated alkanes) is 25. The first-order chi connectivity index (χ1) is 21.5. The van der Waals surface area contributed by atoms with Crippen molar-refractivity contribution in [2.75, 3.05) is 6.61 Å². The molecular formula is C40H78O4. The number of carboxylic acid groups (broad SMARTS) is 1. The Balaban J connectivity index is 4.32. The zero-order valence-corrected chi connectivity index (χ0v) is 30.2. The highest BCUT2D eigenvalue weighted by atomic mass is 16.5. The minimum atomic E-state index is -0.889. The lowest BCUT2D eigenvalue weighted by Gasteiger charge is -2.20. The maximum atomic E-state index is 13.0. The van der Waals surface area contributed by atoms with Crippen LogP contribution in [0.1, 0.15) is 226 Å². The van der Waals surface area contributed by atoms with E-state index in [0.29, 0.717) is 18.9 Å². The van der Waals surface area contributed by atoms with Crippen LogP contribution in [0.2, 0.25) is 0 Å². The summed E-state index contributed by atoms with van der Waals surface area (Å²) in [6.45, 7) is 7.26. The maximum Gasteiger partial charge on any atom is 0.309 e. The van der Waals surface area contributed by atoms with Crippen molar-refractivity contribution in [3.63, 3.8) is 0 Å². The first-order valence-electron chi connectivity index (χ1n) is 19.9. The van der Waals surface area contributed by atoms with Gasteiger partial charge in [-0.2, -0.15) is 0 Å². The van der Waals surface area contributed by atoms with Crippen LogP contribution in [0.5, 0.6) is 0 Å². The molecule has 0 amide bonds. The lowest BCUT2D eigenvalue weighted by molar-refractivity contribution is -0.154. The van der Waals surface area contributed by atoms with Gasteiger partial charge in [0.1, 0.15) is 0 Å². The predicted molar refractivity (Wildman–Crippen MR) is 190 cm³/mol. The second-order valence-corrected chi connectivity index (χ2v) is 14.0. The minimum absolute atomic E-state index is 0.0998. The minimum Gasteiger partial charge on any atom is -0.481 e. The molecule has 1 N–H and O–H groups in total. The molecule has 0 saturated carbocycles. The average molecular weight is 623 g/mol. The van der Waals surface area contributed by atoms with E-state index in [0.717, 1.165) is 25.7 Å². The van der Waals surface area contributed by atoms with Gasteiger partial charge >= 0.3 is 11.9 Å². The molecule has 0 aliphatic heterocycles. The topological polar surface area (TPSA) is 63.6 Å². The van der Waals surface area contributed by atoms with Crippen molar-refractivity contribution in [1.82, 2.24) is 0 Å². The van der Waals surface area contributed by atoms with Crippen LogP contribution >= 0.6 is 0 Å². The molecule has 0 fully saturated rings. The van der Waals surface area contributed by atoms with Gasteiger partial charge in [0.15, 0.2) is 0 Å². The Hall–Kier alpha value is -1.06. The van der Waals surface area contributed by atoms with E-state index in [-0.39, 0.29) is 12.4 Å². The first kappa shape index (κ1) is 42.9. The average Bonchev–Trinajstić information content (AvgIpc) is 3.01. The number of esters is 1. The van der Waals surface area contributed by atoms with E-state index >= 15 is 0 Å². The van der Waals surface area contributed by atoms with Gasteiger partial charge in [-0.25, -0.2) is 0 Å². The summed E-state index contributed by atoms with van der Waals surface area (Å²) in [7, 11) is 0. The van der Waals surface area contributed by atoms with Gasteiger partial charge in [-0.05, 0) is 25.2 Å². The third-order valence-electron chi connectivity index (χ3n) is 9.55. The number of aliphatic carboxylic acids is 1. The number of carbonyl (C=O) groups is 2. The van der Waals surface area contributed by atoms with Crippen molar-refractivity contribution in [2.45, 2.75) is 226 Å². The van der Waals surface area contributed by atoms with Crippen molar-refractivity contribution in [2.24, 2.45) is 11.8 Å². The summed E-state index contributed by atoms with van der Waals surface area (Å²) in [5.74, 6) is -1.25. The van der Waals surface area contributed by atoms with Crippen molar-refractivity contribution < 1.29 is 19.4 Å². The fourth-order valence-electron chi connectivity index (χ4n) is 6.51. The number of ether oxygens (including phenoxy) is 1. The summed E-state index contributed by atoms with van der Waals surface area (Å²) in [6, 6.07) is 0. The van der Waals surface area contributed by atoms with Gasteiger partial charge < -0.3 is 9.84 Å². The normalized spacial score (nSPS) is 12.8. The van der Waals surface area contributed by atoms with Crippen LogP contribution in [0, 0.1) is 11.8 Å². The lowest BCUT2D eigenvalue weighted by atomic mass is 9.94. The third kappa shape index (κ3) is 30.9. The fourth-order valence-corrected chi connectivity index (χ4v) is 6.51. The van der Waals surface area contributed by atoms with Crippen LogP contribution in [0.25, 0.3) is 0 Å². The molecule has 0 aromatic carbocycles. The highest BCUT2D eigenvalue weighted by Crippen LogP contribution is 2.23. The van der Waals surface area contributed by atoms with Gasteiger partial charge in [-0.1, -0.05) is 201 Å². The van der Waals surface area contributed by atoms with E-state index in [2.05, 4.69) is 20.8 Å². The quantitative estimate of drug-likeness (QED) is 0.0557. The van der Waals surface area contributed by atoms with Crippen LogP contribution in [-0.4, -0.2) is 23.7 Å². The van der Waals surface area contributed by atoms with Crippen molar-refractivity contribution >= 4 is 11.9 Å². The zero-order valence-electron chi connectivity index (χ0n) is 30.2. The molecule has 0 spiro atoms. The van der Waals surface area contributed by atoms with Crippen molar-refractivity contribution in [3.05, 3.63) is 0 Å². The van der Waals surface area contributed by atoms with Crippen LogP contribution in [0.15, 0.2) is 0 Å². The zero-order chi connectivity index (χ0) is 32.4. The Bertz CT molecular complexity index is 604. The summed E-state index contributed by atoms with van der Waals surface area (Å²) in [5, 5.41) is 9.46. The van der Waals surface area contributed by atoms with Crippen molar-refractivity contribution in [1.29, 1.82) is 0 Å². The molecule has 0 aliphatic rings. The summed E-state index contributed by atoms with van der Waals surface area (Å²) in [4.78, 5) is 24.5. The maximum absolute atomic E-state index is 13.0. The highest BCUT2D eigenvalue weighted by molar-refractivity contribution is 5.79. The number of carbonyl (C=O) groups excluding carboxylic acids is 1. The molecule has 44 heavy (non-hydrogen) atoms. The van der Waals surface area contributed by atoms with E-state index in [1.807, 2.05) is 0 Å². The fraction of sp³-hybridized carbons (Fsp3) is 0.950. The molecular weight excluding hydrogens is 544 g/mol. The molecule has 0 heterocycles. The molecule has 0 bridgehead atoms. The Morgan fingerprint density at radius 1 is 0.455 bits per heavy atom. The summed E-state index contributed by atoms with van der Waals surface area (Å²) < 4.78 is 5.85. The largest absolute Gasteiger partial charge is 0.481 e. The highest BCUT2D eigenvalue weighted by Gasteiger charge is 2.24. The van der Waals surface area contributed by atoms with Gasteiger partial charge in [0, 0.05) is 0 Å². The molecule has 0 radical (unpaired) electrons. The van der Waals surface area contributed by atoms with E-state index < -0.39 is 11.9 Å². The van der Waals surface area contributed by atoms with Crippen LogP contribution in [0.4, 0.5) is 0 Å². The number of rotatable bonds is 36. The number of carboxylic acids is 1. The van der Waals surface area contributed by atoms with Gasteiger partial charge in [0.2, 0.25) is 0 Å². The molecule has 0 aliphatic carbocycles. The van der Waals surface area contributed by atoms with E-state index in [1.54, 1.807) is 0 Å². The monoisotopic (exact) mass is 623 g/mol. The summed E-state index contributed by atoms with van der Waals surface area (Å²) in [5.41, 5.74) is 0. The second kappa shape index (κ2) is 34.8. The van der Waals surface area contributed by atoms with E-state index in [4.69, 9.17) is 4.74 Å². The SMILES string of the molecule is CCCCCCCCCCCCCCCCC(CC(=O)O)C(=O)OCC(CCCCCCCC)CCCCCCCCCC. The Morgan fingerprint density at radius 2 is 0.750 bits per heavy atom. The molecule has 262 valence electrons. The molecule has 0 aromatic heterocycles.